The maximum absolute atomic E-state index is 12.2. The molecule has 1 atom stereocenters. The number of amides is 1. The van der Waals surface area contributed by atoms with Crippen LogP contribution in [0.15, 0.2) is 30.3 Å². The number of hydrogen-bond donors (Lipinski definition) is 2. The molecule has 1 amide bonds. The van der Waals surface area contributed by atoms with Gasteiger partial charge < -0.3 is 10.4 Å². The van der Waals surface area contributed by atoms with E-state index >= 15 is 0 Å². The number of carboxylic acid groups (broad SMARTS) is 1. The largest absolute Gasteiger partial charge is 0.479 e. The molecular formula is C17H23NO3. The molecule has 0 heterocycles. The van der Waals surface area contributed by atoms with E-state index in [4.69, 9.17) is 0 Å². The topological polar surface area (TPSA) is 66.4 Å². The molecule has 0 saturated heterocycles. The Morgan fingerprint density at radius 1 is 1.19 bits per heavy atom. The van der Waals surface area contributed by atoms with Gasteiger partial charge in [0.25, 0.3) is 0 Å². The second-order valence-corrected chi connectivity index (χ2v) is 6.05. The highest BCUT2D eigenvalue weighted by Crippen LogP contribution is 2.27. The van der Waals surface area contributed by atoms with E-state index in [1.807, 2.05) is 6.07 Å². The van der Waals surface area contributed by atoms with Gasteiger partial charge in [-0.1, -0.05) is 49.6 Å². The van der Waals surface area contributed by atoms with Crippen LogP contribution in [0.4, 0.5) is 0 Å². The van der Waals surface area contributed by atoms with Gasteiger partial charge in [0, 0.05) is 6.42 Å². The third-order valence-corrected chi connectivity index (χ3v) is 4.37. The third-order valence-electron chi connectivity index (χ3n) is 4.37. The normalized spacial score (nSPS) is 18.7. The molecule has 114 valence electrons. The van der Waals surface area contributed by atoms with Crippen LogP contribution in [0.25, 0.3) is 0 Å². The minimum absolute atomic E-state index is 0.171. The summed E-state index contributed by atoms with van der Waals surface area (Å²) in [7, 11) is 0. The van der Waals surface area contributed by atoms with Gasteiger partial charge in [-0.2, -0.15) is 0 Å². The fraction of sp³-hybridized carbons (Fsp3) is 0.529. The van der Waals surface area contributed by atoms with E-state index in [-0.39, 0.29) is 5.91 Å². The number of carbonyl (C=O) groups excluding carboxylic acids is 1. The van der Waals surface area contributed by atoms with Crippen molar-refractivity contribution >= 4 is 11.9 Å². The molecule has 2 rings (SSSR count). The molecule has 4 heteroatoms. The van der Waals surface area contributed by atoms with Crippen LogP contribution in [0, 0.1) is 5.92 Å². The highest BCUT2D eigenvalue weighted by Gasteiger charge is 2.37. The lowest BCUT2D eigenvalue weighted by Gasteiger charge is -2.28. The van der Waals surface area contributed by atoms with Gasteiger partial charge in [-0.15, -0.1) is 0 Å². The first-order valence-electron chi connectivity index (χ1n) is 7.62. The van der Waals surface area contributed by atoms with Gasteiger partial charge in [-0.05, 0) is 31.2 Å². The van der Waals surface area contributed by atoms with Crippen molar-refractivity contribution in [2.24, 2.45) is 5.92 Å². The summed E-state index contributed by atoms with van der Waals surface area (Å²) in [6.45, 7) is 1.55. The van der Waals surface area contributed by atoms with Crippen molar-refractivity contribution in [3.05, 3.63) is 35.9 Å². The zero-order chi connectivity index (χ0) is 15.3. The molecule has 0 aromatic heterocycles. The van der Waals surface area contributed by atoms with Gasteiger partial charge in [-0.3, -0.25) is 4.79 Å². The number of aliphatic carboxylic acids is 1. The summed E-state index contributed by atoms with van der Waals surface area (Å²) in [5, 5.41) is 12.2. The number of rotatable bonds is 5. The molecule has 1 aromatic rings. The van der Waals surface area contributed by atoms with Crippen LogP contribution >= 0.6 is 0 Å². The number of benzene rings is 1. The first-order valence-corrected chi connectivity index (χ1v) is 7.62. The van der Waals surface area contributed by atoms with Crippen LogP contribution in [0.2, 0.25) is 0 Å². The fourth-order valence-electron chi connectivity index (χ4n) is 3.00. The molecule has 1 fully saturated rings. The van der Waals surface area contributed by atoms with Crippen molar-refractivity contribution in [1.29, 1.82) is 0 Å². The predicted molar refractivity (Wildman–Crippen MR) is 80.8 cm³/mol. The summed E-state index contributed by atoms with van der Waals surface area (Å²) in [6, 6.07) is 8.85. The van der Waals surface area contributed by atoms with E-state index in [1.54, 1.807) is 31.2 Å². The van der Waals surface area contributed by atoms with E-state index in [9.17, 15) is 14.7 Å². The molecule has 21 heavy (non-hydrogen) atoms. The summed E-state index contributed by atoms with van der Waals surface area (Å²) < 4.78 is 0. The van der Waals surface area contributed by atoms with Crippen molar-refractivity contribution < 1.29 is 14.7 Å². The number of carbonyl (C=O) groups is 2. The Morgan fingerprint density at radius 3 is 2.38 bits per heavy atom. The van der Waals surface area contributed by atoms with Crippen LogP contribution in [0.3, 0.4) is 0 Å². The second-order valence-electron chi connectivity index (χ2n) is 6.05. The Kier molecular flexibility index (Phi) is 4.99. The molecule has 1 aliphatic rings. The zero-order valence-corrected chi connectivity index (χ0v) is 12.5. The van der Waals surface area contributed by atoms with Gasteiger partial charge >= 0.3 is 5.97 Å². The summed E-state index contributed by atoms with van der Waals surface area (Å²) in [5.41, 5.74) is -0.776. The molecule has 1 unspecified atom stereocenters. The average molecular weight is 289 g/mol. The van der Waals surface area contributed by atoms with E-state index in [0.717, 1.165) is 12.8 Å². The summed E-state index contributed by atoms with van der Waals surface area (Å²) in [6.07, 6.45) is 6.16. The molecule has 0 radical (unpaired) electrons. The molecule has 0 aliphatic heterocycles. The van der Waals surface area contributed by atoms with E-state index in [1.165, 1.54) is 19.3 Å². The molecule has 2 N–H and O–H groups in total. The van der Waals surface area contributed by atoms with Gasteiger partial charge in [-0.25, -0.2) is 4.79 Å². The van der Waals surface area contributed by atoms with Crippen molar-refractivity contribution in [3.8, 4) is 0 Å². The van der Waals surface area contributed by atoms with E-state index in [0.29, 0.717) is 17.9 Å². The quantitative estimate of drug-likeness (QED) is 0.875. The highest BCUT2D eigenvalue weighted by molar-refractivity contribution is 5.87. The Hall–Kier alpha value is -1.84. The fourth-order valence-corrected chi connectivity index (χ4v) is 3.00. The number of hydrogen-bond acceptors (Lipinski definition) is 2. The molecule has 0 spiro atoms. The van der Waals surface area contributed by atoms with Crippen molar-refractivity contribution in [2.75, 3.05) is 0 Å². The zero-order valence-electron chi connectivity index (χ0n) is 12.5. The maximum Gasteiger partial charge on any atom is 0.333 e. The lowest BCUT2D eigenvalue weighted by Crippen LogP contribution is -2.49. The first-order chi connectivity index (χ1) is 10.0. The van der Waals surface area contributed by atoms with Crippen molar-refractivity contribution in [2.45, 2.75) is 51.0 Å². The third kappa shape index (κ3) is 3.84. The van der Waals surface area contributed by atoms with Crippen molar-refractivity contribution in [1.82, 2.24) is 5.32 Å². The van der Waals surface area contributed by atoms with Crippen LogP contribution in [-0.4, -0.2) is 17.0 Å². The van der Waals surface area contributed by atoms with Crippen LogP contribution in [0.5, 0.6) is 0 Å². The lowest BCUT2D eigenvalue weighted by molar-refractivity contribution is -0.147. The molecular weight excluding hydrogens is 266 g/mol. The van der Waals surface area contributed by atoms with E-state index < -0.39 is 11.5 Å². The molecule has 4 nitrogen and oxygen atoms in total. The second kappa shape index (κ2) is 6.74. The minimum atomic E-state index is -1.37. The lowest BCUT2D eigenvalue weighted by atomic mass is 9.86. The standard InChI is InChI=1S/C17H23NO3/c1-17(16(20)21,14-10-6-3-7-11-14)18-15(19)12-13-8-4-2-5-9-13/h3,6-7,10-11,13H,2,4-5,8-9,12H2,1H3,(H,18,19)(H,20,21). The van der Waals surface area contributed by atoms with Crippen molar-refractivity contribution in [3.63, 3.8) is 0 Å². The van der Waals surface area contributed by atoms with E-state index in [2.05, 4.69) is 5.32 Å². The Balaban J connectivity index is 2.05. The summed E-state index contributed by atoms with van der Waals surface area (Å²) in [5.74, 6) is -0.811. The Labute approximate surface area is 125 Å². The minimum Gasteiger partial charge on any atom is -0.479 e. The number of nitrogens with one attached hydrogen (secondary N) is 1. The van der Waals surface area contributed by atoms with Crippen LogP contribution in [-0.2, 0) is 15.1 Å². The SMILES string of the molecule is CC(NC(=O)CC1CCCCC1)(C(=O)O)c1ccccc1. The number of carboxylic acids is 1. The average Bonchev–Trinajstić information content (AvgIpc) is 2.48. The Bertz CT molecular complexity index is 494. The van der Waals surface area contributed by atoms with Gasteiger partial charge in [0.1, 0.15) is 0 Å². The Morgan fingerprint density at radius 2 is 1.81 bits per heavy atom. The van der Waals surface area contributed by atoms with Gasteiger partial charge in [0.05, 0.1) is 0 Å². The predicted octanol–water partition coefficient (Wildman–Crippen LogP) is 3.07. The summed E-state index contributed by atoms with van der Waals surface area (Å²) in [4.78, 5) is 23.9. The molecule has 1 aromatic carbocycles. The molecule has 0 bridgehead atoms. The first kappa shape index (κ1) is 15.5. The maximum atomic E-state index is 12.2. The van der Waals surface area contributed by atoms with Crippen LogP contribution in [0.1, 0.15) is 51.0 Å². The van der Waals surface area contributed by atoms with Crippen LogP contribution < -0.4 is 5.32 Å². The molecule has 1 aliphatic carbocycles. The highest BCUT2D eigenvalue weighted by atomic mass is 16.4. The molecule has 1 saturated carbocycles. The smallest absolute Gasteiger partial charge is 0.333 e. The van der Waals surface area contributed by atoms with Gasteiger partial charge in [0.15, 0.2) is 5.54 Å². The van der Waals surface area contributed by atoms with Gasteiger partial charge in [0.2, 0.25) is 5.91 Å². The monoisotopic (exact) mass is 289 g/mol. The summed E-state index contributed by atoms with van der Waals surface area (Å²) >= 11 is 0.